The average Bonchev–Trinajstić information content (AvgIpc) is 2.73. The molecule has 2 aromatic rings. The number of carbonyl (C=O) groups is 2. The summed E-state index contributed by atoms with van der Waals surface area (Å²) in [6.45, 7) is 6.86. The fourth-order valence-electron chi connectivity index (χ4n) is 3.01. The molecule has 0 unspecified atom stereocenters. The maximum Gasteiger partial charge on any atom is 0.409 e. The first-order valence-electron chi connectivity index (χ1n) is 9.41. The highest BCUT2D eigenvalue weighted by Gasteiger charge is 2.23. The lowest BCUT2D eigenvalue weighted by molar-refractivity contribution is 0.0945. The van der Waals surface area contributed by atoms with E-state index in [1.54, 1.807) is 24.1 Å². The molecule has 0 atom stereocenters. The van der Waals surface area contributed by atoms with Gasteiger partial charge in [-0.05, 0) is 31.0 Å². The van der Waals surface area contributed by atoms with Crippen LogP contribution in [0, 0.1) is 6.92 Å². The van der Waals surface area contributed by atoms with Crippen LogP contribution in [0.4, 0.5) is 10.7 Å². The second kappa shape index (κ2) is 9.16. The molecule has 1 aliphatic rings. The van der Waals surface area contributed by atoms with Crippen LogP contribution in [0.25, 0.3) is 0 Å². The van der Waals surface area contributed by atoms with Crippen LogP contribution in [0.5, 0.6) is 0 Å². The highest BCUT2D eigenvalue weighted by atomic mass is 16.6. The van der Waals surface area contributed by atoms with Gasteiger partial charge >= 0.3 is 6.09 Å². The van der Waals surface area contributed by atoms with E-state index in [9.17, 15) is 9.59 Å². The number of anilines is 1. The molecule has 1 aromatic carbocycles. The molecule has 1 fully saturated rings. The third kappa shape index (κ3) is 4.76. The minimum absolute atomic E-state index is 0.239. The number of aromatic nitrogens is 2. The number of hydrogen-bond donors (Lipinski definition) is 1. The van der Waals surface area contributed by atoms with E-state index < -0.39 is 0 Å². The zero-order chi connectivity index (χ0) is 19.9. The lowest BCUT2D eigenvalue weighted by Crippen LogP contribution is -2.49. The molecule has 0 aliphatic carbocycles. The predicted octanol–water partition coefficient (Wildman–Crippen LogP) is 1.99. The van der Waals surface area contributed by atoms with Crippen molar-refractivity contribution >= 4 is 17.9 Å². The number of ether oxygens (including phenoxy) is 1. The molecular formula is C20H25N5O3. The van der Waals surface area contributed by atoms with Crippen molar-refractivity contribution in [1.82, 2.24) is 20.2 Å². The third-order valence-electron chi connectivity index (χ3n) is 4.66. The first-order valence-corrected chi connectivity index (χ1v) is 9.41. The number of piperazine rings is 1. The van der Waals surface area contributed by atoms with Gasteiger partial charge in [-0.25, -0.2) is 14.8 Å². The van der Waals surface area contributed by atoms with Crippen LogP contribution in [0.3, 0.4) is 0 Å². The minimum atomic E-state index is -0.299. The highest BCUT2D eigenvalue weighted by Crippen LogP contribution is 2.12. The monoisotopic (exact) mass is 383 g/mol. The summed E-state index contributed by atoms with van der Waals surface area (Å²) < 4.78 is 5.03. The minimum Gasteiger partial charge on any atom is -0.450 e. The van der Waals surface area contributed by atoms with Crippen LogP contribution in [-0.4, -0.2) is 59.7 Å². The van der Waals surface area contributed by atoms with Crippen LogP contribution < -0.4 is 10.2 Å². The van der Waals surface area contributed by atoms with Crippen molar-refractivity contribution in [1.29, 1.82) is 0 Å². The second-order valence-corrected chi connectivity index (χ2v) is 6.52. The Bertz CT molecular complexity index is 834. The third-order valence-corrected chi connectivity index (χ3v) is 4.66. The molecule has 0 spiro atoms. The van der Waals surface area contributed by atoms with Crippen LogP contribution in [0.1, 0.15) is 28.5 Å². The fourth-order valence-corrected chi connectivity index (χ4v) is 3.01. The smallest absolute Gasteiger partial charge is 0.409 e. The van der Waals surface area contributed by atoms with E-state index in [-0.39, 0.29) is 12.0 Å². The number of nitrogens with one attached hydrogen (secondary N) is 1. The van der Waals surface area contributed by atoms with Gasteiger partial charge in [-0.1, -0.05) is 24.3 Å². The lowest BCUT2D eigenvalue weighted by atomic mass is 10.1. The van der Waals surface area contributed by atoms with Crippen LogP contribution >= 0.6 is 0 Å². The summed E-state index contributed by atoms with van der Waals surface area (Å²) in [5.74, 6) is 0.254. The molecule has 2 amide bonds. The maximum atomic E-state index is 12.5. The Balaban J connectivity index is 1.59. The average molecular weight is 383 g/mol. The van der Waals surface area contributed by atoms with E-state index in [1.165, 1.54) is 0 Å². The van der Waals surface area contributed by atoms with Crippen molar-refractivity contribution in [3.05, 3.63) is 53.3 Å². The quantitative estimate of drug-likeness (QED) is 0.850. The normalized spacial score (nSPS) is 13.9. The topological polar surface area (TPSA) is 87.7 Å². The second-order valence-electron chi connectivity index (χ2n) is 6.52. The summed E-state index contributed by atoms with van der Waals surface area (Å²) in [6, 6.07) is 9.53. The maximum absolute atomic E-state index is 12.5. The highest BCUT2D eigenvalue weighted by molar-refractivity contribution is 5.92. The SMILES string of the molecule is CCOC(=O)N1CCN(c2nccc(C(=O)NCc3ccccc3C)n2)CC1. The number of aryl methyl sites for hydroxylation is 1. The molecule has 1 N–H and O–H groups in total. The van der Waals surface area contributed by atoms with Gasteiger partial charge in [0, 0.05) is 38.9 Å². The summed E-state index contributed by atoms with van der Waals surface area (Å²) in [6.07, 6.45) is 1.29. The van der Waals surface area contributed by atoms with E-state index in [4.69, 9.17) is 4.74 Å². The van der Waals surface area contributed by atoms with Gasteiger partial charge in [0.1, 0.15) is 5.69 Å². The van der Waals surface area contributed by atoms with Gasteiger partial charge in [0.15, 0.2) is 0 Å². The van der Waals surface area contributed by atoms with Crippen molar-refractivity contribution in [3.8, 4) is 0 Å². The van der Waals surface area contributed by atoms with Gasteiger partial charge in [0.05, 0.1) is 6.61 Å². The molecule has 1 aromatic heterocycles. The molecule has 0 radical (unpaired) electrons. The summed E-state index contributed by atoms with van der Waals surface area (Å²) in [4.78, 5) is 36.6. The van der Waals surface area contributed by atoms with E-state index >= 15 is 0 Å². The molecule has 8 heteroatoms. The van der Waals surface area contributed by atoms with Gasteiger partial charge in [0.2, 0.25) is 5.95 Å². The Morgan fingerprint density at radius 3 is 2.61 bits per heavy atom. The molecule has 1 aliphatic heterocycles. The summed E-state index contributed by atoms with van der Waals surface area (Å²) in [5, 5.41) is 2.91. The lowest BCUT2D eigenvalue weighted by Gasteiger charge is -2.34. The molecule has 0 saturated carbocycles. The summed E-state index contributed by atoms with van der Waals surface area (Å²) in [5.41, 5.74) is 2.53. The van der Waals surface area contributed by atoms with E-state index in [0.717, 1.165) is 11.1 Å². The number of carbonyl (C=O) groups excluding carboxylic acids is 2. The predicted molar refractivity (Wildman–Crippen MR) is 105 cm³/mol. The van der Waals surface area contributed by atoms with E-state index in [2.05, 4.69) is 15.3 Å². The first-order chi connectivity index (χ1) is 13.6. The number of hydrogen-bond acceptors (Lipinski definition) is 6. The van der Waals surface area contributed by atoms with Gasteiger partial charge in [-0.2, -0.15) is 0 Å². The molecule has 2 heterocycles. The van der Waals surface area contributed by atoms with E-state index in [1.807, 2.05) is 36.1 Å². The van der Waals surface area contributed by atoms with Crippen molar-refractivity contribution in [2.45, 2.75) is 20.4 Å². The van der Waals surface area contributed by atoms with Crippen molar-refractivity contribution in [2.24, 2.45) is 0 Å². The molecule has 0 bridgehead atoms. The fraction of sp³-hybridized carbons (Fsp3) is 0.400. The molecule has 148 valence electrons. The van der Waals surface area contributed by atoms with Crippen LogP contribution in [0.2, 0.25) is 0 Å². The summed E-state index contributed by atoms with van der Waals surface area (Å²) >= 11 is 0. The Morgan fingerprint density at radius 2 is 1.89 bits per heavy atom. The number of amides is 2. The Labute approximate surface area is 164 Å². The Kier molecular flexibility index (Phi) is 6.41. The van der Waals surface area contributed by atoms with Gasteiger partial charge < -0.3 is 19.9 Å². The summed E-state index contributed by atoms with van der Waals surface area (Å²) in [7, 11) is 0. The van der Waals surface area contributed by atoms with Gasteiger partial charge in [-0.3, -0.25) is 4.79 Å². The van der Waals surface area contributed by atoms with Gasteiger partial charge in [-0.15, -0.1) is 0 Å². The Hall–Kier alpha value is -3.16. The van der Waals surface area contributed by atoms with Crippen LogP contribution in [-0.2, 0) is 11.3 Å². The number of benzene rings is 1. The zero-order valence-electron chi connectivity index (χ0n) is 16.2. The van der Waals surface area contributed by atoms with Crippen molar-refractivity contribution in [3.63, 3.8) is 0 Å². The zero-order valence-corrected chi connectivity index (χ0v) is 16.2. The molecular weight excluding hydrogens is 358 g/mol. The van der Waals surface area contributed by atoms with E-state index in [0.29, 0.717) is 51.0 Å². The van der Waals surface area contributed by atoms with Crippen molar-refractivity contribution in [2.75, 3.05) is 37.7 Å². The standard InChI is InChI=1S/C20H25N5O3/c1-3-28-20(27)25-12-10-24(11-13-25)19-21-9-8-17(23-19)18(26)22-14-16-7-5-4-6-15(16)2/h4-9H,3,10-14H2,1-2H3,(H,22,26). The molecule has 28 heavy (non-hydrogen) atoms. The Morgan fingerprint density at radius 1 is 1.14 bits per heavy atom. The van der Waals surface area contributed by atoms with Crippen LogP contribution in [0.15, 0.2) is 36.5 Å². The van der Waals surface area contributed by atoms with Gasteiger partial charge in [0.25, 0.3) is 5.91 Å². The molecule has 3 rings (SSSR count). The molecule has 1 saturated heterocycles. The molecule has 8 nitrogen and oxygen atoms in total. The number of rotatable bonds is 5. The number of nitrogens with zero attached hydrogens (tertiary/aromatic N) is 4. The largest absolute Gasteiger partial charge is 0.450 e. The first kappa shape index (κ1) is 19.6. The van der Waals surface area contributed by atoms with Crippen molar-refractivity contribution < 1.29 is 14.3 Å².